The predicted octanol–water partition coefficient (Wildman–Crippen LogP) is 1.40. The van der Waals surface area contributed by atoms with Crippen LogP contribution < -0.4 is 15.8 Å². The second-order valence-corrected chi connectivity index (χ2v) is 6.45. The molecule has 1 aromatic rings. The second kappa shape index (κ2) is 9.27. The zero-order chi connectivity index (χ0) is 17.4. The third-order valence-electron chi connectivity index (χ3n) is 4.18. The minimum atomic E-state index is -0.484. The molecule has 0 bridgehead atoms. The van der Waals surface area contributed by atoms with Gasteiger partial charge >= 0.3 is 0 Å². The summed E-state index contributed by atoms with van der Waals surface area (Å²) < 4.78 is 5.41. The molecular formula is C18H27N3O3. The fraction of sp³-hybridized carbons (Fsp3) is 0.556. The van der Waals surface area contributed by atoms with Crippen LogP contribution in [0.2, 0.25) is 0 Å². The summed E-state index contributed by atoms with van der Waals surface area (Å²) in [4.78, 5) is 25.3. The summed E-state index contributed by atoms with van der Waals surface area (Å²) in [6.45, 7) is 6.13. The summed E-state index contributed by atoms with van der Waals surface area (Å²) in [5.41, 5.74) is 5.59. The van der Waals surface area contributed by atoms with Crippen LogP contribution in [0.3, 0.4) is 0 Å². The van der Waals surface area contributed by atoms with Gasteiger partial charge in [0.2, 0.25) is 5.91 Å². The Kier molecular flexibility index (Phi) is 7.06. The van der Waals surface area contributed by atoms with Crippen LogP contribution in [0.4, 0.5) is 0 Å². The lowest BCUT2D eigenvalue weighted by Crippen LogP contribution is -2.39. The summed E-state index contributed by atoms with van der Waals surface area (Å²) in [6, 6.07) is 6.42. The Hall–Kier alpha value is -2.08. The Balaban J connectivity index is 1.64. The normalized spacial score (nSPS) is 16.4. The lowest BCUT2D eigenvalue weighted by Gasteiger charge is -2.29. The summed E-state index contributed by atoms with van der Waals surface area (Å²) in [7, 11) is 0. The van der Waals surface area contributed by atoms with Crippen LogP contribution in [0.5, 0.6) is 5.75 Å². The van der Waals surface area contributed by atoms with Gasteiger partial charge in [-0.15, -0.1) is 0 Å². The van der Waals surface area contributed by atoms with E-state index < -0.39 is 5.91 Å². The highest BCUT2D eigenvalue weighted by Gasteiger charge is 2.14. The van der Waals surface area contributed by atoms with Crippen molar-refractivity contribution in [3.8, 4) is 5.75 Å². The average molecular weight is 333 g/mol. The van der Waals surface area contributed by atoms with Gasteiger partial charge in [-0.3, -0.25) is 9.59 Å². The number of likely N-dealkylation sites (tertiary alicyclic amines) is 1. The van der Waals surface area contributed by atoms with E-state index in [0.717, 1.165) is 6.54 Å². The molecule has 3 N–H and O–H groups in total. The van der Waals surface area contributed by atoms with Crippen molar-refractivity contribution in [2.45, 2.75) is 26.2 Å². The summed E-state index contributed by atoms with van der Waals surface area (Å²) >= 11 is 0. The number of piperidine rings is 1. The number of amides is 2. The number of hydrogen-bond acceptors (Lipinski definition) is 4. The largest absolute Gasteiger partial charge is 0.484 e. The summed E-state index contributed by atoms with van der Waals surface area (Å²) in [6.07, 6.45) is 3.89. The molecule has 1 saturated heterocycles. The molecule has 1 heterocycles. The van der Waals surface area contributed by atoms with Crippen molar-refractivity contribution in [2.75, 3.05) is 32.8 Å². The molecule has 1 aliphatic rings. The molecule has 6 heteroatoms. The number of carbonyl (C=O) groups excluding carboxylic acids is 2. The topological polar surface area (TPSA) is 84.7 Å². The number of carbonyl (C=O) groups is 2. The Bertz CT molecular complexity index is 539. The van der Waals surface area contributed by atoms with Gasteiger partial charge in [0, 0.05) is 18.7 Å². The van der Waals surface area contributed by atoms with Crippen LogP contribution in [-0.2, 0) is 4.79 Å². The number of nitrogens with zero attached hydrogens (tertiary/aromatic N) is 1. The van der Waals surface area contributed by atoms with E-state index in [4.69, 9.17) is 10.5 Å². The zero-order valence-electron chi connectivity index (χ0n) is 14.3. The number of rotatable bonds is 8. The fourth-order valence-corrected chi connectivity index (χ4v) is 2.85. The third kappa shape index (κ3) is 6.20. The van der Waals surface area contributed by atoms with Crippen molar-refractivity contribution in [1.82, 2.24) is 10.2 Å². The fourth-order valence-electron chi connectivity index (χ4n) is 2.85. The number of hydrogen-bond donors (Lipinski definition) is 2. The van der Waals surface area contributed by atoms with Gasteiger partial charge in [0.1, 0.15) is 5.75 Å². The highest BCUT2D eigenvalue weighted by atomic mass is 16.5. The molecule has 0 saturated carbocycles. The quantitative estimate of drug-likeness (QED) is 0.753. The predicted molar refractivity (Wildman–Crippen MR) is 92.9 cm³/mol. The van der Waals surface area contributed by atoms with Crippen LogP contribution >= 0.6 is 0 Å². The Morgan fingerprint density at radius 2 is 1.88 bits per heavy atom. The van der Waals surface area contributed by atoms with E-state index in [0.29, 0.717) is 23.8 Å². The van der Waals surface area contributed by atoms with E-state index in [9.17, 15) is 9.59 Å². The molecule has 0 spiro atoms. The van der Waals surface area contributed by atoms with Crippen molar-refractivity contribution in [3.05, 3.63) is 29.8 Å². The van der Waals surface area contributed by atoms with Crippen molar-refractivity contribution in [3.63, 3.8) is 0 Å². The summed E-state index contributed by atoms with van der Waals surface area (Å²) in [5, 5.41) is 2.91. The van der Waals surface area contributed by atoms with Gasteiger partial charge in [-0.05, 0) is 56.1 Å². The molecule has 132 valence electrons. The number of nitrogens with one attached hydrogen (secondary N) is 1. The Labute approximate surface area is 143 Å². The van der Waals surface area contributed by atoms with E-state index in [1.54, 1.807) is 24.3 Å². The Morgan fingerprint density at radius 1 is 1.21 bits per heavy atom. The minimum Gasteiger partial charge on any atom is -0.484 e. The van der Waals surface area contributed by atoms with Gasteiger partial charge in [-0.2, -0.15) is 0 Å². The monoisotopic (exact) mass is 333 g/mol. The van der Waals surface area contributed by atoms with Gasteiger partial charge in [0.15, 0.2) is 6.61 Å². The van der Waals surface area contributed by atoms with Gasteiger partial charge in [-0.1, -0.05) is 13.3 Å². The standard InChI is InChI=1S/C18H27N3O3/c1-14(12-21-9-3-2-4-10-21)11-20-17(22)13-24-16-7-5-15(6-8-16)18(19)23/h5-8,14H,2-4,9-13H2,1H3,(H2,19,23)(H,20,22). The number of nitrogens with two attached hydrogens (primary N) is 1. The van der Waals surface area contributed by atoms with Gasteiger partial charge < -0.3 is 20.7 Å². The third-order valence-corrected chi connectivity index (χ3v) is 4.18. The molecule has 6 nitrogen and oxygen atoms in total. The minimum absolute atomic E-state index is 0.0354. The molecule has 0 aromatic heterocycles. The van der Waals surface area contributed by atoms with Crippen molar-refractivity contribution < 1.29 is 14.3 Å². The van der Waals surface area contributed by atoms with Crippen LogP contribution in [0.25, 0.3) is 0 Å². The van der Waals surface area contributed by atoms with E-state index >= 15 is 0 Å². The first kappa shape index (κ1) is 18.3. The van der Waals surface area contributed by atoms with Crippen LogP contribution in [0.15, 0.2) is 24.3 Å². The van der Waals surface area contributed by atoms with Crippen molar-refractivity contribution >= 4 is 11.8 Å². The first-order valence-electron chi connectivity index (χ1n) is 8.56. The Morgan fingerprint density at radius 3 is 2.50 bits per heavy atom. The van der Waals surface area contributed by atoms with E-state index in [1.807, 2.05) is 0 Å². The highest BCUT2D eigenvalue weighted by Crippen LogP contribution is 2.12. The molecule has 1 fully saturated rings. The molecule has 2 amide bonds. The van der Waals surface area contributed by atoms with Crippen molar-refractivity contribution in [2.24, 2.45) is 11.7 Å². The van der Waals surface area contributed by atoms with Crippen LogP contribution in [-0.4, -0.2) is 49.5 Å². The molecule has 1 unspecified atom stereocenters. The maximum Gasteiger partial charge on any atom is 0.257 e. The molecule has 1 aromatic carbocycles. The molecule has 24 heavy (non-hydrogen) atoms. The average Bonchev–Trinajstić information content (AvgIpc) is 2.59. The first-order chi connectivity index (χ1) is 11.5. The second-order valence-electron chi connectivity index (χ2n) is 6.45. The molecule has 1 atom stereocenters. The van der Waals surface area contributed by atoms with Crippen LogP contribution in [0, 0.1) is 5.92 Å². The van der Waals surface area contributed by atoms with Gasteiger partial charge in [-0.25, -0.2) is 0 Å². The maximum absolute atomic E-state index is 11.9. The van der Waals surface area contributed by atoms with Gasteiger partial charge in [0.25, 0.3) is 5.91 Å². The maximum atomic E-state index is 11.9. The summed E-state index contributed by atoms with van der Waals surface area (Å²) in [5.74, 6) is 0.333. The number of ether oxygens (including phenoxy) is 1. The molecule has 0 radical (unpaired) electrons. The zero-order valence-corrected chi connectivity index (χ0v) is 14.3. The number of primary amides is 1. The molecule has 1 aliphatic heterocycles. The lowest BCUT2D eigenvalue weighted by atomic mass is 10.1. The molecular weight excluding hydrogens is 306 g/mol. The smallest absolute Gasteiger partial charge is 0.257 e. The van der Waals surface area contributed by atoms with Crippen molar-refractivity contribution in [1.29, 1.82) is 0 Å². The van der Waals surface area contributed by atoms with E-state index in [-0.39, 0.29) is 12.5 Å². The highest BCUT2D eigenvalue weighted by molar-refractivity contribution is 5.92. The molecule has 0 aliphatic carbocycles. The van der Waals surface area contributed by atoms with E-state index in [1.165, 1.54) is 32.4 Å². The molecule has 2 rings (SSSR count). The van der Waals surface area contributed by atoms with E-state index in [2.05, 4.69) is 17.1 Å². The van der Waals surface area contributed by atoms with Crippen LogP contribution in [0.1, 0.15) is 36.5 Å². The lowest BCUT2D eigenvalue weighted by molar-refractivity contribution is -0.123. The number of benzene rings is 1. The first-order valence-corrected chi connectivity index (χ1v) is 8.56. The SMILES string of the molecule is CC(CNC(=O)COc1ccc(C(N)=O)cc1)CN1CCCCC1. The van der Waals surface area contributed by atoms with Gasteiger partial charge in [0.05, 0.1) is 0 Å².